The lowest BCUT2D eigenvalue weighted by Crippen LogP contribution is -2.43. The van der Waals surface area contributed by atoms with Crippen molar-refractivity contribution >= 4 is 16.7 Å². The van der Waals surface area contributed by atoms with Gasteiger partial charge in [-0.25, -0.2) is 0 Å². The monoisotopic (exact) mass is 461 g/mol. The fourth-order valence-corrected chi connectivity index (χ4v) is 5.54. The summed E-state index contributed by atoms with van der Waals surface area (Å²) in [5.74, 6) is -0.663. The lowest BCUT2D eigenvalue weighted by atomic mass is 9.69. The molecule has 1 aliphatic rings. The van der Waals surface area contributed by atoms with E-state index in [1.54, 1.807) is 7.11 Å². The normalized spacial score (nSPS) is 21.5. The van der Waals surface area contributed by atoms with E-state index >= 15 is 0 Å². The Hall–Kier alpha value is -2.89. The molecule has 4 rings (SSSR count). The van der Waals surface area contributed by atoms with Crippen molar-refractivity contribution < 1.29 is 19.7 Å². The number of hydrogen-bond acceptors (Lipinski definition) is 4. The molecule has 3 unspecified atom stereocenters. The second-order valence-electron chi connectivity index (χ2n) is 9.85. The molecule has 3 aromatic carbocycles. The van der Waals surface area contributed by atoms with Crippen LogP contribution in [0.5, 0.6) is 5.75 Å². The second kappa shape index (κ2) is 10.2. The molecule has 0 aromatic heterocycles. The van der Waals surface area contributed by atoms with Crippen LogP contribution in [0.15, 0.2) is 60.7 Å². The smallest absolute Gasteiger partial charge is 0.311 e. The zero-order valence-corrected chi connectivity index (χ0v) is 20.3. The SMILES string of the molecule is COc1ccc2cc(C(Cc3ccccc3C3(O)CCCCC3CN(C)C)C(=O)O)ccc2c1. The minimum atomic E-state index is -0.942. The van der Waals surface area contributed by atoms with E-state index in [9.17, 15) is 15.0 Å². The minimum absolute atomic E-state index is 0.122. The summed E-state index contributed by atoms with van der Waals surface area (Å²) >= 11 is 0. The lowest BCUT2D eigenvalue weighted by molar-refractivity contribution is -0.138. The fourth-order valence-electron chi connectivity index (χ4n) is 5.54. The first-order valence-corrected chi connectivity index (χ1v) is 12.1. The minimum Gasteiger partial charge on any atom is -0.497 e. The Morgan fingerprint density at radius 3 is 2.56 bits per heavy atom. The molecular formula is C29H35NO4. The summed E-state index contributed by atoms with van der Waals surface area (Å²) in [6.07, 6.45) is 4.11. The number of carboxylic acid groups (broad SMARTS) is 1. The van der Waals surface area contributed by atoms with Gasteiger partial charge in [0.1, 0.15) is 5.75 Å². The predicted molar refractivity (Wildman–Crippen MR) is 135 cm³/mol. The molecule has 1 saturated carbocycles. The van der Waals surface area contributed by atoms with Crippen molar-refractivity contribution in [1.29, 1.82) is 0 Å². The number of benzene rings is 3. The molecule has 1 aliphatic carbocycles. The Morgan fingerprint density at radius 2 is 1.82 bits per heavy atom. The molecule has 0 bridgehead atoms. The first-order valence-electron chi connectivity index (χ1n) is 12.1. The van der Waals surface area contributed by atoms with Crippen molar-refractivity contribution in [2.45, 2.75) is 43.6 Å². The van der Waals surface area contributed by atoms with Gasteiger partial charge in [0.05, 0.1) is 18.6 Å². The number of ether oxygens (including phenoxy) is 1. The van der Waals surface area contributed by atoms with Crippen LogP contribution >= 0.6 is 0 Å². The molecule has 0 radical (unpaired) electrons. The Morgan fingerprint density at radius 1 is 1.09 bits per heavy atom. The van der Waals surface area contributed by atoms with Gasteiger partial charge < -0.3 is 19.8 Å². The third-order valence-electron chi connectivity index (χ3n) is 7.30. The van der Waals surface area contributed by atoms with Crippen molar-refractivity contribution in [1.82, 2.24) is 4.90 Å². The molecule has 180 valence electrons. The maximum atomic E-state index is 12.4. The van der Waals surface area contributed by atoms with Gasteiger partial charge in [0.15, 0.2) is 0 Å². The van der Waals surface area contributed by atoms with Crippen LogP contribution < -0.4 is 4.74 Å². The standard InChI is InChI=1S/C29H35NO4/c1-30(2)19-24-9-6-7-15-29(24,33)27-10-5-4-8-23(27)18-26(28(31)32)22-12-11-21-17-25(34-3)14-13-20(21)16-22/h4-5,8,10-14,16-17,24,26,33H,6-7,9,15,18-19H2,1-3H3,(H,31,32). The number of aliphatic hydroxyl groups is 1. The van der Waals surface area contributed by atoms with Gasteiger partial charge in [-0.3, -0.25) is 4.79 Å². The third-order valence-corrected chi connectivity index (χ3v) is 7.30. The van der Waals surface area contributed by atoms with Gasteiger partial charge in [0.2, 0.25) is 0 Å². The number of rotatable bonds is 8. The highest BCUT2D eigenvalue weighted by molar-refractivity contribution is 5.86. The number of carboxylic acids is 1. The highest BCUT2D eigenvalue weighted by atomic mass is 16.5. The number of methoxy groups -OCH3 is 1. The number of fused-ring (bicyclic) bond motifs is 1. The number of carbonyl (C=O) groups is 1. The predicted octanol–water partition coefficient (Wildman–Crippen LogP) is 5.20. The fraction of sp³-hybridized carbons (Fsp3) is 0.414. The summed E-state index contributed by atoms with van der Waals surface area (Å²) in [4.78, 5) is 14.6. The Bertz CT molecular complexity index is 1160. The van der Waals surface area contributed by atoms with Gasteiger partial charge in [-0.1, -0.05) is 61.4 Å². The number of aliphatic carboxylic acids is 1. The molecule has 0 aliphatic heterocycles. The second-order valence-corrected chi connectivity index (χ2v) is 9.85. The third kappa shape index (κ3) is 4.96. The largest absolute Gasteiger partial charge is 0.497 e. The highest BCUT2D eigenvalue weighted by Gasteiger charge is 2.42. The number of nitrogens with zero attached hydrogens (tertiary/aromatic N) is 1. The van der Waals surface area contributed by atoms with Gasteiger partial charge in [0.25, 0.3) is 0 Å². The molecule has 3 aromatic rings. The molecule has 0 saturated heterocycles. The lowest BCUT2D eigenvalue weighted by Gasteiger charge is -2.43. The average Bonchev–Trinajstić information content (AvgIpc) is 2.83. The van der Waals surface area contributed by atoms with Crippen molar-refractivity contribution in [3.8, 4) is 5.75 Å². The van der Waals surface area contributed by atoms with E-state index in [2.05, 4.69) is 4.90 Å². The molecule has 5 heteroatoms. The molecule has 2 N–H and O–H groups in total. The van der Waals surface area contributed by atoms with E-state index < -0.39 is 17.5 Å². The molecule has 1 fully saturated rings. The Balaban J connectivity index is 1.70. The molecule has 3 atom stereocenters. The van der Waals surface area contributed by atoms with Crippen molar-refractivity contribution in [3.63, 3.8) is 0 Å². The van der Waals surface area contributed by atoms with E-state index in [0.717, 1.165) is 59.0 Å². The van der Waals surface area contributed by atoms with E-state index in [4.69, 9.17) is 4.74 Å². The summed E-state index contributed by atoms with van der Waals surface area (Å²) in [5.41, 5.74) is 1.62. The van der Waals surface area contributed by atoms with Crippen LogP contribution in [-0.2, 0) is 16.8 Å². The van der Waals surface area contributed by atoms with Gasteiger partial charge in [-0.2, -0.15) is 0 Å². The van der Waals surface area contributed by atoms with Crippen LogP contribution in [0.25, 0.3) is 10.8 Å². The summed E-state index contributed by atoms with van der Waals surface area (Å²) < 4.78 is 5.31. The molecule has 0 spiro atoms. The summed E-state index contributed by atoms with van der Waals surface area (Å²) in [5, 5.41) is 24.1. The van der Waals surface area contributed by atoms with Crippen molar-refractivity contribution in [2.24, 2.45) is 5.92 Å². The van der Waals surface area contributed by atoms with Crippen LogP contribution in [-0.4, -0.2) is 48.8 Å². The van der Waals surface area contributed by atoms with E-state index in [-0.39, 0.29) is 5.92 Å². The molecule has 0 amide bonds. The first kappa shape index (κ1) is 24.2. The molecule has 0 heterocycles. The van der Waals surface area contributed by atoms with Crippen LogP contribution in [0.3, 0.4) is 0 Å². The average molecular weight is 462 g/mol. The first-order chi connectivity index (χ1) is 16.3. The van der Waals surface area contributed by atoms with Gasteiger partial charge >= 0.3 is 5.97 Å². The van der Waals surface area contributed by atoms with E-state index in [0.29, 0.717) is 12.8 Å². The molecule has 5 nitrogen and oxygen atoms in total. The summed E-state index contributed by atoms with van der Waals surface area (Å²) in [6.45, 7) is 0.807. The van der Waals surface area contributed by atoms with Crippen LogP contribution in [0, 0.1) is 5.92 Å². The summed E-state index contributed by atoms with van der Waals surface area (Å²) in [7, 11) is 5.71. The van der Waals surface area contributed by atoms with Crippen LogP contribution in [0.4, 0.5) is 0 Å². The Kier molecular flexibility index (Phi) is 7.24. The van der Waals surface area contributed by atoms with Gasteiger partial charge in [-0.05, 0) is 73.0 Å². The van der Waals surface area contributed by atoms with Gasteiger partial charge in [-0.15, -0.1) is 0 Å². The van der Waals surface area contributed by atoms with E-state index in [1.165, 1.54) is 0 Å². The maximum Gasteiger partial charge on any atom is 0.311 e. The Labute approximate surface area is 202 Å². The van der Waals surface area contributed by atoms with Crippen LogP contribution in [0.1, 0.15) is 48.3 Å². The maximum absolute atomic E-state index is 12.4. The highest BCUT2D eigenvalue weighted by Crippen LogP contribution is 2.44. The zero-order valence-electron chi connectivity index (χ0n) is 20.3. The van der Waals surface area contributed by atoms with Crippen LogP contribution in [0.2, 0.25) is 0 Å². The molecule has 34 heavy (non-hydrogen) atoms. The number of hydrogen-bond donors (Lipinski definition) is 2. The quantitative estimate of drug-likeness (QED) is 0.483. The molecular weight excluding hydrogens is 426 g/mol. The topological polar surface area (TPSA) is 70.0 Å². The zero-order chi connectivity index (χ0) is 24.3. The van der Waals surface area contributed by atoms with E-state index in [1.807, 2.05) is 74.8 Å². The van der Waals surface area contributed by atoms with Crippen molar-refractivity contribution in [3.05, 3.63) is 77.4 Å². The van der Waals surface area contributed by atoms with Crippen molar-refractivity contribution in [2.75, 3.05) is 27.7 Å². The van der Waals surface area contributed by atoms with Gasteiger partial charge in [0, 0.05) is 12.5 Å². The summed E-state index contributed by atoms with van der Waals surface area (Å²) in [6, 6.07) is 19.5.